The Hall–Kier alpha value is -1.50. The molecule has 0 saturated carbocycles. The molecular weight excluding hydrogens is 242 g/mol. The summed E-state index contributed by atoms with van der Waals surface area (Å²) in [5.41, 5.74) is -0.0521. The molecule has 0 saturated heterocycles. The van der Waals surface area contributed by atoms with Crippen molar-refractivity contribution in [3.05, 3.63) is 11.8 Å². The summed E-state index contributed by atoms with van der Waals surface area (Å²) >= 11 is 1.51. The maximum Gasteiger partial charge on any atom is 0.353 e. The molecule has 3 N–H and O–H groups in total. The number of hydrogen-bond acceptors (Lipinski definition) is 4. The first-order valence-corrected chi connectivity index (χ1v) is 5.99. The van der Waals surface area contributed by atoms with Crippen molar-refractivity contribution in [3.8, 4) is 0 Å². The number of aromatic amines is 1. The Morgan fingerprint density at radius 2 is 2.18 bits per heavy atom. The van der Waals surface area contributed by atoms with Crippen LogP contribution >= 0.6 is 11.8 Å². The highest BCUT2D eigenvalue weighted by molar-refractivity contribution is 8.01. The van der Waals surface area contributed by atoms with Gasteiger partial charge in [-0.3, -0.25) is 9.89 Å². The quantitative estimate of drug-likeness (QED) is 0.761. The lowest BCUT2D eigenvalue weighted by Gasteiger charge is -2.16. The number of carbonyl (C=O) groups is 2. The van der Waals surface area contributed by atoms with Gasteiger partial charge in [-0.2, -0.15) is 5.10 Å². The second kappa shape index (κ2) is 5.22. The zero-order chi connectivity index (χ0) is 13.1. The Bertz CT molecular complexity index is 423. The summed E-state index contributed by atoms with van der Waals surface area (Å²) in [6.45, 7) is 6.05. The molecule has 1 amide bonds. The minimum atomic E-state index is -1.11. The fourth-order valence-corrected chi connectivity index (χ4v) is 1.59. The van der Waals surface area contributed by atoms with Gasteiger partial charge in [0.25, 0.3) is 0 Å². The molecule has 0 aliphatic heterocycles. The Balaban J connectivity index is 2.48. The van der Waals surface area contributed by atoms with Crippen molar-refractivity contribution >= 4 is 29.5 Å². The van der Waals surface area contributed by atoms with Gasteiger partial charge in [-0.1, -0.05) is 20.8 Å². The van der Waals surface area contributed by atoms with E-state index in [1.807, 2.05) is 20.8 Å². The first kappa shape index (κ1) is 13.6. The molecule has 0 spiro atoms. The van der Waals surface area contributed by atoms with E-state index in [1.54, 1.807) is 0 Å². The van der Waals surface area contributed by atoms with Gasteiger partial charge in [0, 0.05) is 10.8 Å². The van der Waals surface area contributed by atoms with Crippen LogP contribution in [0, 0.1) is 0 Å². The molecule has 1 rings (SSSR count). The van der Waals surface area contributed by atoms with Crippen LogP contribution in [0.1, 0.15) is 31.3 Å². The SMILES string of the molecule is CC(C)(C)SCC(=O)Nc1cc(C(=O)O)[nH]n1. The Morgan fingerprint density at radius 3 is 2.65 bits per heavy atom. The van der Waals surface area contributed by atoms with Crippen molar-refractivity contribution in [2.24, 2.45) is 0 Å². The molecule has 0 radical (unpaired) electrons. The maximum absolute atomic E-state index is 11.5. The number of H-pyrrole nitrogens is 1. The number of amides is 1. The summed E-state index contributed by atoms with van der Waals surface area (Å²) < 4.78 is 0.00907. The van der Waals surface area contributed by atoms with Gasteiger partial charge in [0.2, 0.25) is 5.91 Å². The molecule has 0 bridgehead atoms. The number of anilines is 1. The molecule has 94 valence electrons. The molecule has 1 aromatic rings. The summed E-state index contributed by atoms with van der Waals surface area (Å²) in [5, 5.41) is 17.2. The molecule has 1 aromatic heterocycles. The summed E-state index contributed by atoms with van der Waals surface area (Å²) in [5.74, 6) is -0.781. The van der Waals surface area contributed by atoms with Gasteiger partial charge < -0.3 is 10.4 Å². The number of hydrogen-bond donors (Lipinski definition) is 3. The van der Waals surface area contributed by atoms with Crippen LogP contribution in [0.15, 0.2) is 6.07 Å². The van der Waals surface area contributed by atoms with E-state index in [4.69, 9.17) is 5.11 Å². The summed E-state index contributed by atoms with van der Waals surface area (Å²) in [7, 11) is 0. The van der Waals surface area contributed by atoms with E-state index in [2.05, 4.69) is 15.5 Å². The third-order valence-corrected chi connectivity index (χ3v) is 2.98. The van der Waals surface area contributed by atoms with Crippen molar-refractivity contribution in [1.82, 2.24) is 10.2 Å². The topological polar surface area (TPSA) is 95.1 Å². The second-order valence-corrected chi connectivity index (χ2v) is 6.22. The Morgan fingerprint density at radius 1 is 1.53 bits per heavy atom. The van der Waals surface area contributed by atoms with Crippen molar-refractivity contribution < 1.29 is 14.7 Å². The smallest absolute Gasteiger partial charge is 0.353 e. The third-order valence-electron chi connectivity index (χ3n) is 1.71. The number of nitrogens with one attached hydrogen (secondary N) is 2. The molecule has 7 heteroatoms. The van der Waals surface area contributed by atoms with E-state index < -0.39 is 5.97 Å². The molecular formula is C10H15N3O3S. The van der Waals surface area contributed by atoms with E-state index >= 15 is 0 Å². The average Bonchev–Trinajstić information content (AvgIpc) is 2.62. The van der Waals surface area contributed by atoms with Gasteiger partial charge in [0.1, 0.15) is 5.69 Å². The van der Waals surface area contributed by atoms with Gasteiger partial charge in [-0.15, -0.1) is 11.8 Å². The predicted octanol–water partition coefficient (Wildman–Crippen LogP) is 1.58. The molecule has 0 aliphatic carbocycles. The Labute approximate surface area is 103 Å². The minimum absolute atomic E-state index is 0.00907. The monoisotopic (exact) mass is 257 g/mol. The van der Waals surface area contributed by atoms with Crippen LogP contribution in [0.3, 0.4) is 0 Å². The number of nitrogens with zero attached hydrogens (tertiary/aromatic N) is 1. The fraction of sp³-hybridized carbons (Fsp3) is 0.500. The number of aromatic carboxylic acids is 1. The van der Waals surface area contributed by atoms with Gasteiger partial charge in [-0.05, 0) is 0 Å². The van der Waals surface area contributed by atoms with E-state index in [0.717, 1.165) is 0 Å². The standard InChI is InChI=1S/C10H15N3O3S/c1-10(2,3)17-5-8(14)11-7-4-6(9(15)16)12-13-7/h4H,5H2,1-3H3,(H,15,16)(H2,11,12,13,14). The van der Waals surface area contributed by atoms with Crippen LogP contribution < -0.4 is 5.32 Å². The maximum atomic E-state index is 11.5. The third kappa shape index (κ3) is 4.90. The van der Waals surface area contributed by atoms with E-state index in [1.165, 1.54) is 17.8 Å². The zero-order valence-electron chi connectivity index (χ0n) is 9.90. The number of carbonyl (C=O) groups excluding carboxylic acids is 1. The first-order valence-electron chi connectivity index (χ1n) is 5.00. The highest BCUT2D eigenvalue weighted by Gasteiger charge is 2.14. The molecule has 0 fully saturated rings. The van der Waals surface area contributed by atoms with Crippen molar-refractivity contribution in [3.63, 3.8) is 0 Å². The second-order valence-electron chi connectivity index (χ2n) is 4.42. The van der Waals surface area contributed by atoms with Crippen molar-refractivity contribution in [1.29, 1.82) is 0 Å². The van der Waals surface area contributed by atoms with Crippen LogP contribution in [0.2, 0.25) is 0 Å². The zero-order valence-corrected chi connectivity index (χ0v) is 10.7. The van der Waals surface area contributed by atoms with E-state index in [0.29, 0.717) is 5.75 Å². The Kier molecular flexibility index (Phi) is 4.17. The van der Waals surface area contributed by atoms with Gasteiger partial charge >= 0.3 is 5.97 Å². The van der Waals surface area contributed by atoms with Crippen molar-refractivity contribution in [2.45, 2.75) is 25.5 Å². The fourth-order valence-electron chi connectivity index (χ4n) is 0.956. The van der Waals surface area contributed by atoms with E-state index in [9.17, 15) is 9.59 Å². The summed E-state index contributed by atoms with van der Waals surface area (Å²) in [4.78, 5) is 22.1. The first-order chi connectivity index (χ1) is 7.78. The minimum Gasteiger partial charge on any atom is -0.477 e. The van der Waals surface area contributed by atoms with Crippen LogP contribution in [-0.4, -0.2) is 37.7 Å². The largest absolute Gasteiger partial charge is 0.477 e. The van der Waals surface area contributed by atoms with Gasteiger partial charge in [-0.25, -0.2) is 4.79 Å². The molecule has 0 atom stereocenters. The van der Waals surface area contributed by atoms with Gasteiger partial charge in [0.15, 0.2) is 5.82 Å². The number of aromatic nitrogens is 2. The predicted molar refractivity (Wildman–Crippen MR) is 66.4 cm³/mol. The van der Waals surface area contributed by atoms with Crippen LogP contribution in [0.4, 0.5) is 5.82 Å². The van der Waals surface area contributed by atoms with E-state index in [-0.39, 0.29) is 22.2 Å². The number of rotatable bonds is 4. The molecule has 0 aromatic carbocycles. The number of carboxylic acid groups (broad SMARTS) is 1. The lowest BCUT2D eigenvalue weighted by molar-refractivity contribution is -0.113. The summed E-state index contributed by atoms with van der Waals surface area (Å²) in [6, 6.07) is 1.28. The summed E-state index contributed by atoms with van der Waals surface area (Å²) in [6.07, 6.45) is 0. The highest BCUT2D eigenvalue weighted by atomic mass is 32.2. The van der Waals surface area contributed by atoms with Crippen LogP contribution in [0.25, 0.3) is 0 Å². The molecule has 0 unspecified atom stereocenters. The number of carboxylic acids is 1. The molecule has 6 nitrogen and oxygen atoms in total. The van der Waals surface area contributed by atoms with Gasteiger partial charge in [0.05, 0.1) is 5.75 Å². The normalized spacial score (nSPS) is 11.2. The lowest BCUT2D eigenvalue weighted by Crippen LogP contribution is -2.19. The van der Waals surface area contributed by atoms with Crippen LogP contribution in [0.5, 0.6) is 0 Å². The number of thioether (sulfide) groups is 1. The lowest BCUT2D eigenvalue weighted by atomic mass is 10.3. The average molecular weight is 257 g/mol. The molecule has 17 heavy (non-hydrogen) atoms. The van der Waals surface area contributed by atoms with Crippen LogP contribution in [-0.2, 0) is 4.79 Å². The van der Waals surface area contributed by atoms with Crippen molar-refractivity contribution in [2.75, 3.05) is 11.1 Å². The molecule has 0 aliphatic rings. The molecule has 1 heterocycles. The highest BCUT2D eigenvalue weighted by Crippen LogP contribution is 2.22.